The van der Waals surface area contributed by atoms with Crippen molar-refractivity contribution in [2.45, 2.75) is 44.1 Å². The van der Waals surface area contributed by atoms with Crippen LogP contribution in [0, 0.1) is 9.49 Å². The first kappa shape index (κ1) is 27.2. The van der Waals surface area contributed by atoms with E-state index in [4.69, 9.17) is 33.0 Å². The maximum Gasteiger partial charge on any atom is 0.247 e. The van der Waals surface area contributed by atoms with Crippen molar-refractivity contribution in [2.24, 2.45) is 5.92 Å². The van der Waals surface area contributed by atoms with E-state index in [-0.39, 0.29) is 43.8 Å². The highest BCUT2D eigenvalue weighted by Gasteiger charge is 2.44. The number of nitrogens with zero attached hydrogens (tertiary/aromatic N) is 1. The zero-order valence-corrected chi connectivity index (χ0v) is 23.0. The van der Waals surface area contributed by atoms with E-state index in [0.29, 0.717) is 26.9 Å². The van der Waals surface area contributed by atoms with E-state index in [1.807, 2.05) is 18.2 Å². The maximum atomic E-state index is 13.5. The van der Waals surface area contributed by atoms with Gasteiger partial charge in [0.15, 0.2) is 0 Å². The molecule has 0 bridgehead atoms. The van der Waals surface area contributed by atoms with E-state index in [1.165, 1.54) is 0 Å². The van der Waals surface area contributed by atoms with Crippen molar-refractivity contribution < 1.29 is 24.5 Å². The summed E-state index contributed by atoms with van der Waals surface area (Å²) < 4.78 is 7.01. The number of nitrogens with one attached hydrogen (secondary N) is 1. The van der Waals surface area contributed by atoms with E-state index in [2.05, 4.69) is 27.9 Å². The van der Waals surface area contributed by atoms with Gasteiger partial charge in [-0.05, 0) is 71.3 Å². The van der Waals surface area contributed by atoms with Gasteiger partial charge in [0.1, 0.15) is 18.0 Å². The number of ether oxygens (including phenoxy) is 1. The Bertz CT molecular complexity index is 1160. The minimum absolute atomic E-state index is 0.0878. The van der Waals surface area contributed by atoms with Crippen LogP contribution in [-0.4, -0.2) is 58.3 Å². The first-order valence-corrected chi connectivity index (χ1v) is 13.6. The fraction of sp³-hybridized carbons (Fsp3) is 0.385. The molecule has 10 heteroatoms. The third-order valence-electron chi connectivity index (χ3n) is 6.28. The molecule has 4 rings (SSSR count). The molecule has 0 unspecified atom stereocenters. The Hall–Kier alpha value is -1.85. The lowest BCUT2D eigenvalue weighted by Gasteiger charge is -2.41. The molecule has 0 spiro atoms. The van der Waals surface area contributed by atoms with E-state index in [9.17, 15) is 14.7 Å². The molecule has 192 valence electrons. The summed E-state index contributed by atoms with van der Waals surface area (Å²) in [5.41, 5.74) is 1.07. The standard InChI is InChI=1S/C26H27Cl2IN2O5/c27-18-8-7-16(19(28)13-18)14-31(26(35)15-5-6-15)21-11-17(25(34)30-9-10-32)12-23(24(21)33)36-22-4-2-1-3-20(22)29/h1-4,7-8,12-13,15,21,23-24,32-33H,5-6,9-11,14H2,(H,30,34)/t21-,23+,24+/m1/s1. The zero-order valence-electron chi connectivity index (χ0n) is 19.4. The summed E-state index contributed by atoms with van der Waals surface area (Å²) in [6.45, 7) is 0.0549. The van der Waals surface area contributed by atoms with Crippen LogP contribution in [0.25, 0.3) is 0 Å². The molecule has 0 aromatic heterocycles. The van der Waals surface area contributed by atoms with Crippen LogP contribution in [0.15, 0.2) is 54.1 Å². The average molecular weight is 645 g/mol. The van der Waals surface area contributed by atoms with Crippen molar-refractivity contribution in [3.63, 3.8) is 0 Å². The number of halogens is 3. The van der Waals surface area contributed by atoms with E-state index < -0.39 is 18.2 Å². The number of aliphatic hydroxyl groups is 2. The maximum absolute atomic E-state index is 13.5. The van der Waals surface area contributed by atoms with Crippen LogP contribution in [0.4, 0.5) is 0 Å². The molecule has 2 aliphatic carbocycles. The second-order valence-electron chi connectivity index (χ2n) is 8.92. The fourth-order valence-electron chi connectivity index (χ4n) is 4.22. The number of hydrogen-bond donors (Lipinski definition) is 3. The number of amides is 2. The van der Waals surface area contributed by atoms with Crippen LogP contribution in [-0.2, 0) is 16.1 Å². The van der Waals surface area contributed by atoms with Gasteiger partial charge in [-0.2, -0.15) is 0 Å². The highest BCUT2D eigenvalue weighted by Crippen LogP contribution is 2.36. The van der Waals surface area contributed by atoms with Crippen LogP contribution < -0.4 is 10.1 Å². The zero-order chi connectivity index (χ0) is 25.8. The molecule has 1 saturated carbocycles. The second-order valence-corrected chi connectivity index (χ2v) is 10.9. The molecule has 1 fully saturated rings. The van der Waals surface area contributed by atoms with Crippen LogP contribution in [0.2, 0.25) is 10.0 Å². The molecule has 36 heavy (non-hydrogen) atoms. The number of para-hydroxylation sites is 1. The Kier molecular flexibility index (Phi) is 9.16. The lowest BCUT2D eigenvalue weighted by molar-refractivity contribution is -0.140. The Balaban J connectivity index is 1.68. The lowest BCUT2D eigenvalue weighted by Crippen LogP contribution is -2.55. The molecule has 0 aliphatic heterocycles. The minimum Gasteiger partial charge on any atom is -0.482 e. The van der Waals surface area contributed by atoms with Gasteiger partial charge < -0.3 is 25.2 Å². The van der Waals surface area contributed by atoms with Gasteiger partial charge in [0.2, 0.25) is 11.8 Å². The van der Waals surface area contributed by atoms with Crippen molar-refractivity contribution in [3.05, 3.63) is 73.3 Å². The van der Waals surface area contributed by atoms with Gasteiger partial charge in [0.25, 0.3) is 0 Å². The monoisotopic (exact) mass is 644 g/mol. The van der Waals surface area contributed by atoms with Gasteiger partial charge in [0.05, 0.1) is 16.2 Å². The average Bonchev–Trinajstić information content (AvgIpc) is 3.70. The van der Waals surface area contributed by atoms with Crippen molar-refractivity contribution in [1.82, 2.24) is 10.2 Å². The quantitative estimate of drug-likeness (QED) is 0.359. The summed E-state index contributed by atoms with van der Waals surface area (Å²) in [4.78, 5) is 28.0. The third kappa shape index (κ3) is 6.52. The minimum atomic E-state index is -1.09. The highest BCUT2D eigenvalue weighted by molar-refractivity contribution is 14.1. The van der Waals surface area contributed by atoms with Gasteiger partial charge in [-0.25, -0.2) is 0 Å². The van der Waals surface area contributed by atoms with Crippen molar-refractivity contribution in [3.8, 4) is 5.75 Å². The summed E-state index contributed by atoms with van der Waals surface area (Å²) in [5.74, 6) is -0.0129. The SMILES string of the molecule is O=C(NCCO)C1=C[C@H](Oc2ccccc2I)[C@@H](O)[C@H](N(Cc2ccc(Cl)cc2Cl)C(=O)C2CC2)C1. The van der Waals surface area contributed by atoms with Gasteiger partial charge in [0, 0.05) is 41.0 Å². The first-order chi connectivity index (χ1) is 17.3. The van der Waals surface area contributed by atoms with Crippen LogP contribution in [0.5, 0.6) is 5.75 Å². The molecule has 0 heterocycles. The molecular weight excluding hydrogens is 618 g/mol. The Morgan fingerprint density at radius 1 is 1.17 bits per heavy atom. The first-order valence-electron chi connectivity index (χ1n) is 11.7. The predicted octanol–water partition coefficient (Wildman–Crippen LogP) is 3.95. The topological polar surface area (TPSA) is 99.1 Å². The van der Waals surface area contributed by atoms with E-state index >= 15 is 0 Å². The number of benzene rings is 2. The summed E-state index contributed by atoms with van der Waals surface area (Å²) in [6.07, 6.45) is 1.34. The molecule has 2 aromatic carbocycles. The van der Waals surface area contributed by atoms with Gasteiger partial charge in [-0.1, -0.05) is 41.4 Å². The van der Waals surface area contributed by atoms with Crippen molar-refractivity contribution in [2.75, 3.05) is 13.2 Å². The largest absolute Gasteiger partial charge is 0.482 e. The molecule has 2 aliphatic rings. The number of aliphatic hydroxyl groups excluding tert-OH is 2. The molecule has 3 atom stereocenters. The highest BCUT2D eigenvalue weighted by atomic mass is 127. The molecule has 7 nitrogen and oxygen atoms in total. The van der Waals surface area contributed by atoms with Crippen LogP contribution >= 0.6 is 45.8 Å². The van der Waals surface area contributed by atoms with E-state index in [1.54, 1.807) is 35.2 Å². The number of rotatable bonds is 9. The van der Waals surface area contributed by atoms with Crippen LogP contribution in [0.3, 0.4) is 0 Å². The summed E-state index contributed by atoms with van der Waals surface area (Å²) >= 11 is 14.6. The molecule has 3 N–H and O–H groups in total. The third-order valence-corrected chi connectivity index (χ3v) is 7.76. The van der Waals surface area contributed by atoms with E-state index in [0.717, 1.165) is 16.4 Å². The smallest absolute Gasteiger partial charge is 0.247 e. The fourth-order valence-corrected chi connectivity index (χ4v) is 5.21. The normalized spacial score (nSPS) is 21.5. The predicted molar refractivity (Wildman–Crippen MR) is 146 cm³/mol. The lowest BCUT2D eigenvalue weighted by atomic mass is 9.87. The molecule has 2 aromatic rings. The summed E-state index contributed by atoms with van der Waals surface area (Å²) in [7, 11) is 0. The Labute approximate surface area is 233 Å². The number of carbonyl (C=O) groups excluding carboxylic acids is 2. The van der Waals surface area contributed by atoms with Crippen molar-refractivity contribution >= 4 is 57.6 Å². The van der Waals surface area contributed by atoms with Crippen LogP contribution in [0.1, 0.15) is 24.8 Å². The molecular formula is C26H27Cl2IN2O5. The molecule has 2 amide bonds. The summed E-state index contributed by atoms with van der Waals surface area (Å²) in [6, 6.07) is 11.7. The van der Waals surface area contributed by atoms with Gasteiger partial charge in [-0.3, -0.25) is 9.59 Å². The Morgan fingerprint density at radius 3 is 2.58 bits per heavy atom. The van der Waals surface area contributed by atoms with Crippen molar-refractivity contribution in [1.29, 1.82) is 0 Å². The molecule has 0 saturated heterocycles. The van der Waals surface area contributed by atoms with Gasteiger partial charge >= 0.3 is 0 Å². The van der Waals surface area contributed by atoms with Gasteiger partial charge in [-0.15, -0.1) is 0 Å². The second kappa shape index (κ2) is 12.1. The summed E-state index contributed by atoms with van der Waals surface area (Å²) in [5, 5.41) is 24.2. The number of carbonyl (C=O) groups is 2. The Morgan fingerprint density at radius 2 is 1.92 bits per heavy atom. The number of hydrogen-bond acceptors (Lipinski definition) is 5. The molecule has 0 radical (unpaired) electrons.